The number of benzene rings is 4. The van der Waals surface area contributed by atoms with Crippen molar-refractivity contribution in [3.05, 3.63) is 145 Å². The summed E-state index contributed by atoms with van der Waals surface area (Å²) >= 11 is 0. The minimum Gasteiger partial charge on any atom is -0.466 e. The summed E-state index contributed by atoms with van der Waals surface area (Å²) in [6.45, 7) is 17.6. The molecule has 11 heteroatoms. The summed E-state index contributed by atoms with van der Waals surface area (Å²) in [7, 11) is -5.71. The van der Waals surface area contributed by atoms with Crippen LogP contribution in [0.4, 0.5) is 0 Å². The van der Waals surface area contributed by atoms with Crippen LogP contribution in [0.1, 0.15) is 67.3 Å². The van der Waals surface area contributed by atoms with Gasteiger partial charge in [-0.05, 0) is 43.0 Å². The molecule has 3 aliphatic rings. The van der Waals surface area contributed by atoms with Crippen LogP contribution in [0.5, 0.6) is 0 Å². The van der Waals surface area contributed by atoms with E-state index in [1.165, 1.54) is 10.4 Å². The van der Waals surface area contributed by atoms with Gasteiger partial charge in [0.1, 0.15) is 24.1 Å². The van der Waals surface area contributed by atoms with Gasteiger partial charge in [0.05, 0.1) is 43.9 Å². The van der Waals surface area contributed by atoms with E-state index in [0.29, 0.717) is 12.4 Å². The van der Waals surface area contributed by atoms with Gasteiger partial charge in [0.2, 0.25) is 0 Å². The molecule has 3 aliphatic heterocycles. The second-order valence-corrected chi connectivity index (χ2v) is 27.4. The lowest BCUT2D eigenvalue weighted by molar-refractivity contribution is -0.206. The summed E-state index contributed by atoms with van der Waals surface area (Å²) in [5.74, 6) is 0.258. The number of ether oxygens (including phenoxy) is 3. The van der Waals surface area contributed by atoms with Gasteiger partial charge in [0, 0.05) is 11.8 Å². The van der Waals surface area contributed by atoms with Crippen molar-refractivity contribution in [1.82, 2.24) is 0 Å². The third kappa shape index (κ3) is 8.67. The van der Waals surface area contributed by atoms with Crippen molar-refractivity contribution in [2.75, 3.05) is 13.2 Å². The quantitative estimate of drug-likeness (QED) is 0.138. The molecule has 1 aromatic heterocycles. The van der Waals surface area contributed by atoms with Crippen molar-refractivity contribution in [2.24, 2.45) is 11.8 Å². The van der Waals surface area contributed by atoms with Crippen LogP contribution in [-0.4, -0.2) is 88.1 Å². The molecule has 5 aromatic rings. The van der Waals surface area contributed by atoms with Crippen molar-refractivity contribution in [1.29, 1.82) is 0 Å². The second kappa shape index (κ2) is 18.5. The molecule has 0 spiro atoms. The minimum absolute atomic E-state index is 0.0260. The molecule has 3 saturated heterocycles. The zero-order valence-corrected chi connectivity index (χ0v) is 38.8. The van der Waals surface area contributed by atoms with Crippen LogP contribution in [0.2, 0.25) is 10.1 Å². The maximum Gasteiger partial charge on any atom is 0.261 e. The van der Waals surface area contributed by atoms with E-state index < -0.39 is 59.5 Å². The Morgan fingerprint density at radius 1 is 0.574 bits per heavy atom. The van der Waals surface area contributed by atoms with Crippen LogP contribution >= 0.6 is 0 Å². The first-order valence-electron chi connectivity index (χ1n) is 21.6. The van der Waals surface area contributed by atoms with Gasteiger partial charge in [-0.2, -0.15) is 0 Å². The predicted molar refractivity (Wildman–Crippen MR) is 243 cm³/mol. The van der Waals surface area contributed by atoms with Crippen LogP contribution in [0.3, 0.4) is 0 Å². The van der Waals surface area contributed by atoms with Crippen molar-refractivity contribution >= 4 is 37.4 Å². The fraction of sp³-hybridized carbons (Fsp3) is 0.440. The number of rotatable bonds is 10. The lowest BCUT2D eigenvalue weighted by atomic mass is 9.87. The Labute approximate surface area is 363 Å². The van der Waals surface area contributed by atoms with Crippen LogP contribution < -0.4 is 20.7 Å². The zero-order chi connectivity index (χ0) is 43.6. The zero-order valence-electron chi connectivity index (χ0n) is 36.8. The number of fused-ring (bicyclic) bond motifs is 2. The molecule has 61 heavy (non-hydrogen) atoms. The Morgan fingerprint density at radius 2 is 1.00 bits per heavy atom. The fourth-order valence-corrected chi connectivity index (χ4v) is 19.0. The summed E-state index contributed by atoms with van der Waals surface area (Å²) < 4.78 is 38.2. The first kappa shape index (κ1) is 45.3. The van der Waals surface area contributed by atoms with Crippen molar-refractivity contribution in [3.8, 4) is 0 Å². The van der Waals surface area contributed by atoms with Crippen LogP contribution in [0.25, 0.3) is 0 Å². The van der Waals surface area contributed by atoms with E-state index >= 15 is 0 Å². The largest absolute Gasteiger partial charge is 0.466 e. The van der Waals surface area contributed by atoms with Gasteiger partial charge in [-0.3, -0.25) is 0 Å². The van der Waals surface area contributed by atoms with E-state index in [9.17, 15) is 15.3 Å². The molecule has 4 unspecified atom stereocenters. The highest BCUT2D eigenvalue weighted by Crippen LogP contribution is 2.45. The van der Waals surface area contributed by atoms with Gasteiger partial charge < -0.3 is 42.8 Å². The molecule has 0 amide bonds. The Kier molecular flexibility index (Phi) is 13.8. The average molecular weight is 865 g/mol. The third-order valence-corrected chi connectivity index (χ3v) is 23.1. The normalized spacial score (nSPS) is 28.2. The molecule has 4 heterocycles. The van der Waals surface area contributed by atoms with Crippen molar-refractivity contribution in [2.45, 2.75) is 114 Å². The van der Waals surface area contributed by atoms with Crippen LogP contribution in [0.15, 0.2) is 144 Å². The molecule has 0 radical (unpaired) electrons. The molecular formula is C50H64O9Si2. The topological polar surface area (TPSA) is 120 Å². The molecule has 0 aliphatic carbocycles. The molecule has 326 valence electrons. The molecule has 10 atom stereocenters. The van der Waals surface area contributed by atoms with Gasteiger partial charge in [0.15, 0.2) is 6.29 Å². The number of furan rings is 1. The highest BCUT2D eigenvalue weighted by molar-refractivity contribution is 7.00. The number of hydrogen-bond donors (Lipinski definition) is 3. The highest BCUT2D eigenvalue weighted by atomic mass is 28.4. The SMILES string of the molecule is CC1[C@H](O)C(O[Si](c2ccccc2)(c2ccccc2)C(C)(C)C)[C@@H]2OC[C@H]1O2.CC1[C@H](O)C(O[Si](c2ccccc2)(c2ccccc2)C(C)(C)C)[C@H](c2ccco2)O[C@@H]1CO. The molecule has 3 N–H and O–H groups in total. The third-order valence-electron chi connectivity index (χ3n) is 13.0. The first-order valence-corrected chi connectivity index (χ1v) is 25.5. The molecule has 9 nitrogen and oxygen atoms in total. The molecular weight excluding hydrogens is 801 g/mol. The van der Waals surface area contributed by atoms with Crippen molar-refractivity contribution < 1.29 is 42.8 Å². The Hall–Kier alpha value is -3.73. The van der Waals surface area contributed by atoms with Crippen LogP contribution in [-0.2, 0) is 23.1 Å². The Morgan fingerprint density at radius 3 is 1.39 bits per heavy atom. The number of aliphatic hydroxyl groups is 3. The molecule has 8 rings (SSSR count). The molecule has 3 fully saturated rings. The summed E-state index contributed by atoms with van der Waals surface area (Å²) in [6.07, 6.45) is -2.76. The van der Waals surface area contributed by atoms with Gasteiger partial charge in [-0.25, -0.2) is 0 Å². The lowest BCUT2D eigenvalue weighted by Crippen LogP contribution is -2.70. The maximum atomic E-state index is 11.5. The van der Waals surface area contributed by atoms with E-state index in [-0.39, 0.29) is 34.6 Å². The molecule has 4 aromatic carbocycles. The lowest BCUT2D eigenvalue weighted by Gasteiger charge is -2.50. The van der Waals surface area contributed by atoms with E-state index in [0.717, 1.165) is 10.4 Å². The van der Waals surface area contributed by atoms with E-state index in [1.807, 2.05) is 68.4 Å². The Bertz CT molecular complexity index is 2010. The monoisotopic (exact) mass is 864 g/mol. The predicted octanol–water partition coefficient (Wildman–Crippen LogP) is 6.34. The van der Waals surface area contributed by atoms with Gasteiger partial charge in [-0.1, -0.05) is 177 Å². The number of aliphatic hydroxyl groups excluding tert-OH is 3. The van der Waals surface area contributed by atoms with Crippen LogP contribution in [0, 0.1) is 11.8 Å². The van der Waals surface area contributed by atoms with Crippen molar-refractivity contribution in [3.63, 3.8) is 0 Å². The summed E-state index contributed by atoms with van der Waals surface area (Å²) in [4.78, 5) is 0. The second-order valence-electron chi connectivity index (χ2n) is 18.9. The van der Waals surface area contributed by atoms with Gasteiger partial charge in [-0.15, -0.1) is 0 Å². The maximum absolute atomic E-state index is 11.5. The molecule has 0 saturated carbocycles. The fourth-order valence-electron chi connectivity index (χ4n) is 9.60. The number of hydrogen-bond acceptors (Lipinski definition) is 9. The average Bonchev–Trinajstić information content (AvgIpc) is 3.97. The summed E-state index contributed by atoms with van der Waals surface area (Å²) in [5.41, 5.74) is 0. The minimum atomic E-state index is -2.94. The smallest absolute Gasteiger partial charge is 0.261 e. The Balaban J connectivity index is 0.000000186. The molecule has 2 bridgehead atoms. The van der Waals surface area contributed by atoms with Gasteiger partial charge >= 0.3 is 0 Å². The summed E-state index contributed by atoms with van der Waals surface area (Å²) in [5, 5.41) is 36.7. The van der Waals surface area contributed by atoms with E-state index in [2.05, 4.69) is 114 Å². The van der Waals surface area contributed by atoms with Gasteiger partial charge in [0.25, 0.3) is 16.6 Å². The highest BCUT2D eigenvalue weighted by Gasteiger charge is 2.58. The summed E-state index contributed by atoms with van der Waals surface area (Å²) in [6, 6.07) is 45.3. The van der Waals surface area contributed by atoms with E-state index in [4.69, 9.17) is 27.5 Å². The van der Waals surface area contributed by atoms with E-state index in [1.54, 1.807) is 12.3 Å². The standard InChI is InChI=1S/C27H34O5Si.C23H30O4Si/c1-19-23(18-28)31-25(22-16-11-17-30-22)26(24(19)29)32-33(27(2,3)4,20-12-7-5-8-13-20)21-14-9-6-10-15-21;1-16-19-15-25-22(26-19)21(20(16)24)27-28(23(2,3)4,17-11-7-5-8-12-17)18-13-9-6-10-14-18/h5-17,19,23-26,28-29H,18H2,1-4H3;5-14,16,19-22,24H,15H2,1-4H3/t19?,23-,24+,25+,26?;16?,19-,20+,21?,22-/m11/s1. The first-order chi connectivity index (χ1) is 29.1.